The van der Waals surface area contributed by atoms with Gasteiger partial charge in [0, 0.05) is 30.2 Å². The van der Waals surface area contributed by atoms with Crippen molar-refractivity contribution in [2.24, 2.45) is 5.92 Å². The molecule has 1 heterocycles. The Bertz CT molecular complexity index is 1900. The Morgan fingerprint density at radius 3 is 1.57 bits per heavy atom. The molecule has 49 heavy (non-hydrogen) atoms. The van der Waals surface area contributed by atoms with Crippen LogP contribution in [0, 0.1) is 5.92 Å². The van der Waals surface area contributed by atoms with Crippen molar-refractivity contribution in [2.45, 2.75) is 20.0 Å². The quantitative estimate of drug-likeness (QED) is 0.131. The van der Waals surface area contributed by atoms with Gasteiger partial charge < -0.3 is 19.3 Å². The summed E-state index contributed by atoms with van der Waals surface area (Å²) in [7, 11) is 1.60. The summed E-state index contributed by atoms with van der Waals surface area (Å²) in [4.78, 5) is 27.0. The van der Waals surface area contributed by atoms with Gasteiger partial charge in [0.2, 0.25) is 0 Å². The van der Waals surface area contributed by atoms with E-state index in [-0.39, 0.29) is 18.3 Å². The Balaban J connectivity index is 1.31. The predicted molar refractivity (Wildman–Crippen MR) is 191 cm³/mol. The number of methoxy groups -OCH3 is 1. The number of hydrogen-bond acceptors (Lipinski definition) is 8. The maximum atomic E-state index is 12.5. The molecule has 0 bridgehead atoms. The highest BCUT2D eigenvalue weighted by atomic mass is 16.6. The maximum Gasteiger partial charge on any atom is 0.347 e. The van der Waals surface area contributed by atoms with Crippen LogP contribution in [0.3, 0.4) is 0 Å². The van der Waals surface area contributed by atoms with E-state index >= 15 is 0 Å². The fourth-order valence-corrected chi connectivity index (χ4v) is 5.34. The van der Waals surface area contributed by atoms with E-state index in [2.05, 4.69) is 24.3 Å². The third kappa shape index (κ3) is 8.17. The molecule has 0 radical (unpaired) electrons. The van der Waals surface area contributed by atoms with Gasteiger partial charge in [-0.05, 0) is 41.3 Å². The van der Waals surface area contributed by atoms with Crippen LogP contribution in [0.15, 0.2) is 127 Å². The maximum absolute atomic E-state index is 12.5. The third-order valence-corrected chi connectivity index (χ3v) is 7.95. The number of carbonyl (C=O) groups is 1. The lowest BCUT2D eigenvalue weighted by molar-refractivity contribution is -0.152. The Labute approximate surface area is 286 Å². The largest absolute Gasteiger partial charge is 0.507 e. The molecule has 0 saturated heterocycles. The van der Waals surface area contributed by atoms with Crippen molar-refractivity contribution < 1.29 is 24.1 Å². The van der Waals surface area contributed by atoms with Crippen LogP contribution in [-0.2, 0) is 14.3 Å². The number of hydrogen-bond donors (Lipinski definition) is 1. The zero-order valence-electron chi connectivity index (χ0n) is 27.6. The van der Waals surface area contributed by atoms with Crippen molar-refractivity contribution in [2.75, 3.05) is 20.3 Å². The summed E-state index contributed by atoms with van der Waals surface area (Å²) in [6.07, 6.45) is -0.881. The van der Waals surface area contributed by atoms with Crippen molar-refractivity contribution in [3.05, 3.63) is 127 Å². The van der Waals surface area contributed by atoms with E-state index in [1.807, 2.05) is 91.9 Å². The second kappa shape index (κ2) is 15.4. The zero-order valence-corrected chi connectivity index (χ0v) is 27.6. The first kappa shape index (κ1) is 33.1. The molecule has 8 heteroatoms. The number of carbonyl (C=O) groups excluding carboxylic acids is 1. The number of rotatable bonds is 12. The number of esters is 1. The van der Waals surface area contributed by atoms with Gasteiger partial charge >= 0.3 is 5.97 Å². The van der Waals surface area contributed by atoms with Gasteiger partial charge in [-0.3, -0.25) is 0 Å². The molecule has 0 fully saturated rings. The molecule has 246 valence electrons. The number of aromatic nitrogens is 3. The Hall–Kier alpha value is -5.86. The summed E-state index contributed by atoms with van der Waals surface area (Å²) in [5, 5.41) is 11.2. The summed E-state index contributed by atoms with van der Waals surface area (Å²) >= 11 is 0. The highest BCUT2D eigenvalue weighted by Crippen LogP contribution is 2.34. The number of phenols is 1. The molecule has 6 aromatic rings. The normalized spacial score (nSPS) is 12.2. The standard InChI is InChI=1S/C41H37N3O5/c1-27(25-47-3)26-48-41(46)28(2)49-35-22-23-36(37(45)24-35)40-43-38(33-18-14-31(15-19-33)29-10-6-4-7-11-29)42-39(44-40)34-20-16-32(17-21-34)30-12-8-5-9-13-30/h4-24,27-28,45H,25-26H2,1-3H3. The van der Waals surface area contributed by atoms with Gasteiger partial charge in [0.05, 0.1) is 18.8 Å². The summed E-state index contributed by atoms with van der Waals surface area (Å²) in [5.74, 6) is 0.976. The van der Waals surface area contributed by atoms with Crippen LogP contribution in [0.1, 0.15) is 13.8 Å². The van der Waals surface area contributed by atoms with E-state index in [0.29, 0.717) is 35.4 Å². The van der Waals surface area contributed by atoms with Gasteiger partial charge in [-0.1, -0.05) is 116 Å². The second-order valence-electron chi connectivity index (χ2n) is 11.8. The van der Waals surface area contributed by atoms with E-state index in [1.54, 1.807) is 26.2 Å². The molecular weight excluding hydrogens is 614 g/mol. The molecule has 2 unspecified atom stereocenters. The van der Waals surface area contributed by atoms with Crippen LogP contribution in [0.5, 0.6) is 11.5 Å². The van der Waals surface area contributed by atoms with Crippen LogP contribution in [0.25, 0.3) is 56.4 Å². The lowest BCUT2D eigenvalue weighted by Crippen LogP contribution is -2.28. The Morgan fingerprint density at radius 1 is 0.612 bits per heavy atom. The fourth-order valence-electron chi connectivity index (χ4n) is 5.34. The number of phenolic OH excluding ortho intramolecular Hbond substituents is 1. The van der Waals surface area contributed by atoms with Crippen molar-refractivity contribution in [1.29, 1.82) is 0 Å². The average molecular weight is 652 g/mol. The van der Waals surface area contributed by atoms with E-state index in [0.717, 1.165) is 33.4 Å². The van der Waals surface area contributed by atoms with Crippen LogP contribution >= 0.6 is 0 Å². The first-order valence-corrected chi connectivity index (χ1v) is 16.1. The van der Waals surface area contributed by atoms with Crippen LogP contribution in [-0.4, -0.2) is 52.5 Å². The molecule has 0 aliphatic rings. The van der Waals surface area contributed by atoms with E-state index in [1.165, 1.54) is 6.07 Å². The molecule has 1 N–H and O–H groups in total. The fraction of sp³-hybridized carbons (Fsp3) is 0.171. The molecule has 0 amide bonds. The van der Waals surface area contributed by atoms with E-state index in [9.17, 15) is 9.90 Å². The Morgan fingerprint density at radius 2 is 1.08 bits per heavy atom. The molecule has 0 spiro atoms. The van der Waals surface area contributed by atoms with Gasteiger partial charge in [0.25, 0.3) is 0 Å². The van der Waals surface area contributed by atoms with E-state index < -0.39 is 12.1 Å². The molecule has 0 saturated carbocycles. The molecule has 5 aromatic carbocycles. The first-order chi connectivity index (χ1) is 23.9. The van der Waals surface area contributed by atoms with E-state index in [4.69, 9.17) is 29.2 Å². The monoisotopic (exact) mass is 651 g/mol. The van der Waals surface area contributed by atoms with Crippen molar-refractivity contribution in [3.63, 3.8) is 0 Å². The summed E-state index contributed by atoms with van der Waals surface area (Å²) in [6.45, 7) is 4.23. The van der Waals surface area contributed by atoms with Gasteiger partial charge in [0.15, 0.2) is 23.6 Å². The Kier molecular flexibility index (Phi) is 10.4. The second-order valence-corrected chi connectivity index (χ2v) is 11.8. The average Bonchev–Trinajstić information content (AvgIpc) is 3.14. The molecule has 2 atom stereocenters. The third-order valence-electron chi connectivity index (χ3n) is 7.95. The smallest absolute Gasteiger partial charge is 0.347 e. The zero-order chi connectivity index (χ0) is 34.2. The van der Waals surface area contributed by atoms with Crippen molar-refractivity contribution in [3.8, 4) is 67.9 Å². The summed E-state index contributed by atoms with van der Waals surface area (Å²) in [6, 6.07) is 41.2. The van der Waals surface area contributed by atoms with Crippen LogP contribution in [0.4, 0.5) is 0 Å². The van der Waals surface area contributed by atoms with Gasteiger partial charge in [0.1, 0.15) is 11.5 Å². The van der Waals surface area contributed by atoms with Crippen molar-refractivity contribution >= 4 is 5.97 Å². The summed E-state index contributed by atoms with van der Waals surface area (Å²) in [5.41, 5.74) is 6.37. The van der Waals surface area contributed by atoms with Crippen LogP contribution < -0.4 is 4.74 Å². The van der Waals surface area contributed by atoms with Crippen LogP contribution in [0.2, 0.25) is 0 Å². The molecule has 8 nitrogen and oxygen atoms in total. The first-order valence-electron chi connectivity index (χ1n) is 16.1. The summed E-state index contributed by atoms with van der Waals surface area (Å²) < 4.78 is 16.3. The van der Waals surface area contributed by atoms with Gasteiger partial charge in [-0.2, -0.15) is 0 Å². The number of aromatic hydroxyl groups is 1. The van der Waals surface area contributed by atoms with Gasteiger partial charge in [-0.25, -0.2) is 19.7 Å². The molecule has 0 aliphatic heterocycles. The van der Waals surface area contributed by atoms with Crippen molar-refractivity contribution in [1.82, 2.24) is 15.0 Å². The minimum atomic E-state index is -0.881. The minimum absolute atomic E-state index is 0.0585. The minimum Gasteiger partial charge on any atom is -0.507 e. The number of benzene rings is 5. The molecule has 6 rings (SSSR count). The topological polar surface area (TPSA) is 104 Å². The molecular formula is C41H37N3O5. The van der Waals surface area contributed by atoms with Gasteiger partial charge in [-0.15, -0.1) is 0 Å². The molecule has 0 aliphatic carbocycles. The lowest BCUT2D eigenvalue weighted by Gasteiger charge is -2.17. The SMILES string of the molecule is COCC(C)COC(=O)C(C)Oc1ccc(-c2nc(-c3ccc(-c4ccccc4)cc3)nc(-c3ccc(-c4ccccc4)cc3)n2)c(O)c1. The lowest BCUT2D eigenvalue weighted by atomic mass is 10.0. The number of nitrogens with zero attached hydrogens (tertiary/aromatic N) is 3. The number of ether oxygens (including phenoxy) is 3. The molecule has 1 aromatic heterocycles. The predicted octanol–water partition coefficient (Wildman–Crippen LogP) is 8.51. The highest BCUT2D eigenvalue weighted by molar-refractivity contribution is 5.76. The highest BCUT2D eigenvalue weighted by Gasteiger charge is 2.20.